The highest BCUT2D eigenvalue weighted by Crippen LogP contribution is 2.44. The number of carbonyl (C=O) groups is 1. The zero-order chi connectivity index (χ0) is 27.0. The van der Waals surface area contributed by atoms with Crippen LogP contribution in [0.5, 0.6) is 17.2 Å². The van der Waals surface area contributed by atoms with Crippen LogP contribution in [0.3, 0.4) is 0 Å². The molecule has 3 N–H and O–H groups in total. The number of fused-ring (bicyclic) bond motifs is 1. The number of anilines is 1. The summed E-state index contributed by atoms with van der Waals surface area (Å²) in [4.78, 5) is 42.2. The molecule has 0 radical (unpaired) electrons. The van der Waals surface area contributed by atoms with Gasteiger partial charge in [-0.05, 0) is 49.2 Å². The molecular formula is C27H28FN7O4. The molecule has 0 saturated carbocycles. The Labute approximate surface area is 223 Å². The van der Waals surface area contributed by atoms with Gasteiger partial charge in [-0.25, -0.2) is 23.9 Å². The van der Waals surface area contributed by atoms with Gasteiger partial charge in [0.15, 0.2) is 23.1 Å². The fourth-order valence-corrected chi connectivity index (χ4v) is 5.58. The van der Waals surface area contributed by atoms with Crippen LogP contribution < -0.4 is 25.4 Å². The Morgan fingerprint density at radius 1 is 1.08 bits per heavy atom. The predicted molar refractivity (Wildman–Crippen MR) is 142 cm³/mol. The number of nitrogens with one attached hydrogen (secondary N) is 3. The average Bonchev–Trinajstić information content (AvgIpc) is 3.63. The Bertz CT molecular complexity index is 1590. The first-order valence-corrected chi connectivity index (χ1v) is 12.7. The summed E-state index contributed by atoms with van der Waals surface area (Å²) in [5.74, 6) is 0.608. The molecule has 2 aliphatic heterocycles. The van der Waals surface area contributed by atoms with Crippen LogP contribution in [0.25, 0.3) is 11.0 Å². The van der Waals surface area contributed by atoms with E-state index in [1.54, 1.807) is 6.20 Å². The Kier molecular flexibility index (Phi) is 6.39. The number of nitrogens with zero attached hydrogens (tertiary/aromatic N) is 4. The smallest absolute Gasteiger partial charge is 0.412 e. The topological polar surface area (TPSA) is 128 Å². The maximum atomic E-state index is 13.9. The van der Waals surface area contributed by atoms with Gasteiger partial charge < -0.3 is 29.7 Å². The second-order valence-corrected chi connectivity index (χ2v) is 10.1. The zero-order valence-corrected chi connectivity index (χ0v) is 21.4. The van der Waals surface area contributed by atoms with E-state index in [1.165, 1.54) is 25.5 Å². The molecule has 2 aromatic heterocycles. The standard InChI is InChI=1S/C27H28FN7O4/c1-29-26(37)39-22-11-18(28)3-5-21(22)38-23-12-30-16-31-24(23)35-9-7-27(15-35)6-8-34(14-27)13-17-2-4-19-20(10-17)33-25(36)32-19/h2-5,10-12,16H,6-9,13-15H2,1H3,(H,29,37)(H2,32,33,36). The molecule has 1 atom stereocenters. The molecule has 0 aliphatic carbocycles. The van der Waals surface area contributed by atoms with Gasteiger partial charge in [-0.3, -0.25) is 4.90 Å². The van der Waals surface area contributed by atoms with Crippen LogP contribution in [0.1, 0.15) is 18.4 Å². The number of ether oxygens (including phenoxy) is 2. The normalized spacial score (nSPS) is 19.2. The van der Waals surface area contributed by atoms with Crippen LogP contribution in [0, 0.1) is 11.2 Å². The van der Waals surface area contributed by atoms with E-state index in [9.17, 15) is 14.0 Å². The highest BCUT2D eigenvalue weighted by Gasteiger charge is 2.44. The summed E-state index contributed by atoms with van der Waals surface area (Å²) < 4.78 is 25.1. The van der Waals surface area contributed by atoms with Crippen molar-refractivity contribution in [2.75, 3.05) is 38.1 Å². The molecule has 2 saturated heterocycles. The maximum absolute atomic E-state index is 13.9. The second-order valence-electron chi connectivity index (χ2n) is 10.1. The lowest BCUT2D eigenvalue weighted by molar-refractivity contribution is 0.201. The zero-order valence-electron chi connectivity index (χ0n) is 21.4. The lowest BCUT2D eigenvalue weighted by Gasteiger charge is -2.26. The number of imidazole rings is 1. The van der Waals surface area contributed by atoms with Crippen molar-refractivity contribution in [1.29, 1.82) is 0 Å². The number of likely N-dealkylation sites (tertiary alicyclic amines) is 1. The van der Waals surface area contributed by atoms with E-state index < -0.39 is 11.9 Å². The molecular weight excluding hydrogens is 505 g/mol. The van der Waals surface area contributed by atoms with Crippen molar-refractivity contribution in [3.8, 4) is 17.2 Å². The summed E-state index contributed by atoms with van der Waals surface area (Å²) >= 11 is 0. The molecule has 1 unspecified atom stereocenters. The van der Waals surface area contributed by atoms with Gasteiger partial charge in [0, 0.05) is 44.7 Å². The van der Waals surface area contributed by atoms with Crippen molar-refractivity contribution in [2.24, 2.45) is 5.41 Å². The molecule has 0 bridgehead atoms. The number of aromatic amines is 2. The molecule has 11 nitrogen and oxygen atoms in total. The minimum Gasteiger partial charge on any atom is -0.448 e. The molecule has 12 heteroatoms. The van der Waals surface area contributed by atoms with Gasteiger partial charge in [0.2, 0.25) is 0 Å². The number of amides is 1. The molecule has 2 aliphatic rings. The third-order valence-electron chi connectivity index (χ3n) is 7.43. The van der Waals surface area contributed by atoms with E-state index in [-0.39, 0.29) is 22.6 Å². The van der Waals surface area contributed by atoms with E-state index in [4.69, 9.17) is 9.47 Å². The predicted octanol–water partition coefficient (Wildman–Crippen LogP) is 3.40. The molecule has 2 aromatic carbocycles. The third-order valence-corrected chi connectivity index (χ3v) is 7.43. The van der Waals surface area contributed by atoms with Crippen molar-refractivity contribution >= 4 is 22.9 Å². The molecule has 4 heterocycles. The van der Waals surface area contributed by atoms with Crippen molar-refractivity contribution in [3.05, 3.63) is 70.8 Å². The van der Waals surface area contributed by atoms with Gasteiger partial charge in [-0.2, -0.15) is 0 Å². The summed E-state index contributed by atoms with van der Waals surface area (Å²) in [5, 5.41) is 2.34. The molecule has 1 amide bonds. The Hall–Kier alpha value is -4.45. The highest BCUT2D eigenvalue weighted by molar-refractivity contribution is 5.75. The largest absolute Gasteiger partial charge is 0.448 e. The summed E-state index contributed by atoms with van der Waals surface area (Å²) in [7, 11) is 1.42. The lowest BCUT2D eigenvalue weighted by Crippen LogP contribution is -2.31. The number of rotatable bonds is 6. The van der Waals surface area contributed by atoms with Gasteiger partial charge in [0.05, 0.1) is 17.2 Å². The third kappa shape index (κ3) is 5.15. The van der Waals surface area contributed by atoms with Gasteiger partial charge in [-0.1, -0.05) is 6.07 Å². The van der Waals surface area contributed by atoms with Gasteiger partial charge in [0.25, 0.3) is 0 Å². The molecule has 4 aromatic rings. The summed E-state index contributed by atoms with van der Waals surface area (Å²) in [5.41, 5.74) is 2.71. The number of hydrogen-bond donors (Lipinski definition) is 3. The number of carbonyl (C=O) groups excluding carboxylic acids is 1. The monoisotopic (exact) mass is 533 g/mol. The van der Waals surface area contributed by atoms with Crippen LogP contribution in [-0.4, -0.2) is 64.2 Å². The lowest BCUT2D eigenvalue weighted by atomic mass is 9.86. The fourth-order valence-electron chi connectivity index (χ4n) is 5.58. The Morgan fingerprint density at radius 3 is 2.79 bits per heavy atom. The molecule has 39 heavy (non-hydrogen) atoms. The first-order chi connectivity index (χ1) is 18.9. The number of hydrogen-bond acceptors (Lipinski definition) is 8. The van der Waals surface area contributed by atoms with Crippen LogP contribution in [-0.2, 0) is 6.54 Å². The van der Waals surface area contributed by atoms with Crippen molar-refractivity contribution in [2.45, 2.75) is 19.4 Å². The maximum Gasteiger partial charge on any atom is 0.412 e. The second kappa shape index (κ2) is 10.0. The minimum absolute atomic E-state index is 0.0459. The molecule has 1 spiro atoms. The van der Waals surface area contributed by atoms with E-state index in [0.29, 0.717) is 11.6 Å². The van der Waals surface area contributed by atoms with Gasteiger partial charge >= 0.3 is 11.8 Å². The molecule has 6 rings (SSSR count). The van der Waals surface area contributed by atoms with Gasteiger partial charge in [-0.15, -0.1) is 0 Å². The van der Waals surface area contributed by atoms with Gasteiger partial charge in [0.1, 0.15) is 12.1 Å². The number of benzene rings is 2. The summed E-state index contributed by atoms with van der Waals surface area (Å²) in [6.45, 7) is 4.37. The summed E-state index contributed by atoms with van der Waals surface area (Å²) in [6.07, 6.45) is 4.38. The first-order valence-electron chi connectivity index (χ1n) is 12.7. The van der Waals surface area contributed by atoms with Crippen molar-refractivity contribution in [1.82, 2.24) is 30.2 Å². The average molecular weight is 534 g/mol. The SMILES string of the molecule is CNC(=O)Oc1cc(F)ccc1Oc1cncnc1N1CCC2(CCN(Cc3ccc4[nH]c(=O)[nH]c4c3)C2)C1. The molecule has 2 fully saturated rings. The van der Waals surface area contributed by atoms with Crippen molar-refractivity contribution < 1.29 is 18.7 Å². The number of aromatic nitrogens is 4. The van der Waals surface area contributed by atoms with Crippen LogP contribution in [0.15, 0.2) is 53.7 Å². The number of H-pyrrole nitrogens is 2. The van der Waals surface area contributed by atoms with E-state index >= 15 is 0 Å². The quantitative estimate of drug-likeness (QED) is 0.344. The van der Waals surface area contributed by atoms with Crippen LogP contribution in [0.2, 0.25) is 0 Å². The van der Waals surface area contributed by atoms with Crippen LogP contribution in [0.4, 0.5) is 15.0 Å². The first kappa shape index (κ1) is 24.9. The molecule has 202 valence electrons. The summed E-state index contributed by atoms with van der Waals surface area (Å²) in [6, 6.07) is 9.76. The fraction of sp³-hybridized carbons (Fsp3) is 0.333. The Balaban J connectivity index is 1.16. The van der Waals surface area contributed by atoms with Crippen LogP contribution >= 0.6 is 0 Å². The highest BCUT2D eigenvalue weighted by atomic mass is 19.1. The van der Waals surface area contributed by atoms with E-state index in [1.807, 2.05) is 12.1 Å². The van der Waals surface area contributed by atoms with E-state index in [0.717, 1.165) is 68.2 Å². The van der Waals surface area contributed by atoms with E-state index in [2.05, 4.69) is 41.1 Å². The Morgan fingerprint density at radius 2 is 1.92 bits per heavy atom. The van der Waals surface area contributed by atoms with Crippen molar-refractivity contribution in [3.63, 3.8) is 0 Å². The minimum atomic E-state index is -0.733. The number of halogens is 1.